The SMILES string of the molecule is CNC(=O)C1CCCN(C(=O)CC(O)c2ccccc2)C1. The molecule has 0 radical (unpaired) electrons. The molecule has 1 heterocycles. The molecule has 0 aliphatic carbocycles. The Kier molecular flexibility index (Phi) is 5.33. The largest absolute Gasteiger partial charge is 0.388 e. The second kappa shape index (κ2) is 7.22. The number of hydrogen-bond acceptors (Lipinski definition) is 3. The Labute approximate surface area is 125 Å². The lowest BCUT2D eigenvalue weighted by Gasteiger charge is -2.32. The summed E-state index contributed by atoms with van der Waals surface area (Å²) in [6.07, 6.45) is 0.902. The van der Waals surface area contributed by atoms with E-state index < -0.39 is 6.10 Å². The average molecular weight is 290 g/mol. The van der Waals surface area contributed by atoms with Crippen LogP contribution in [0.15, 0.2) is 30.3 Å². The molecule has 2 atom stereocenters. The van der Waals surface area contributed by atoms with Crippen LogP contribution in [0.3, 0.4) is 0 Å². The molecule has 0 bridgehead atoms. The van der Waals surface area contributed by atoms with Gasteiger partial charge in [0.25, 0.3) is 0 Å². The zero-order valence-corrected chi connectivity index (χ0v) is 12.3. The number of nitrogens with zero attached hydrogens (tertiary/aromatic N) is 1. The van der Waals surface area contributed by atoms with Crippen molar-refractivity contribution in [3.8, 4) is 0 Å². The van der Waals surface area contributed by atoms with Gasteiger partial charge in [-0.3, -0.25) is 9.59 Å². The van der Waals surface area contributed by atoms with Gasteiger partial charge < -0.3 is 15.3 Å². The molecule has 2 rings (SSSR count). The predicted molar refractivity (Wildman–Crippen MR) is 79.4 cm³/mol. The van der Waals surface area contributed by atoms with Crippen molar-refractivity contribution < 1.29 is 14.7 Å². The van der Waals surface area contributed by atoms with E-state index in [1.54, 1.807) is 11.9 Å². The molecule has 1 aliphatic rings. The third-order valence-electron chi connectivity index (χ3n) is 3.94. The summed E-state index contributed by atoms with van der Waals surface area (Å²) in [7, 11) is 1.61. The number of hydrogen-bond donors (Lipinski definition) is 2. The van der Waals surface area contributed by atoms with Crippen LogP contribution < -0.4 is 5.32 Å². The highest BCUT2D eigenvalue weighted by Crippen LogP contribution is 2.21. The van der Waals surface area contributed by atoms with Crippen molar-refractivity contribution in [1.29, 1.82) is 0 Å². The smallest absolute Gasteiger partial charge is 0.225 e. The Balaban J connectivity index is 1.92. The third kappa shape index (κ3) is 4.04. The summed E-state index contributed by atoms with van der Waals surface area (Å²) in [4.78, 5) is 25.6. The van der Waals surface area contributed by atoms with Crippen LogP contribution in [0.5, 0.6) is 0 Å². The van der Waals surface area contributed by atoms with E-state index in [9.17, 15) is 14.7 Å². The first-order valence-electron chi connectivity index (χ1n) is 7.34. The third-order valence-corrected chi connectivity index (χ3v) is 3.94. The summed E-state index contributed by atoms with van der Waals surface area (Å²) in [6, 6.07) is 9.16. The first kappa shape index (κ1) is 15.5. The Hall–Kier alpha value is -1.88. The van der Waals surface area contributed by atoms with E-state index in [0.29, 0.717) is 13.1 Å². The number of carbonyl (C=O) groups is 2. The van der Waals surface area contributed by atoms with Gasteiger partial charge in [0.15, 0.2) is 0 Å². The first-order chi connectivity index (χ1) is 10.1. The highest BCUT2D eigenvalue weighted by Gasteiger charge is 2.28. The summed E-state index contributed by atoms with van der Waals surface area (Å²) in [5.74, 6) is -0.252. The highest BCUT2D eigenvalue weighted by atomic mass is 16.3. The number of carbonyl (C=O) groups excluding carboxylic acids is 2. The quantitative estimate of drug-likeness (QED) is 0.872. The van der Waals surface area contributed by atoms with E-state index in [4.69, 9.17) is 0 Å². The van der Waals surface area contributed by atoms with Gasteiger partial charge in [-0.15, -0.1) is 0 Å². The summed E-state index contributed by atoms with van der Waals surface area (Å²) in [6.45, 7) is 1.11. The molecule has 5 heteroatoms. The van der Waals surface area contributed by atoms with E-state index in [0.717, 1.165) is 18.4 Å². The number of rotatable bonds is 4. The molecule has 1 saturated heterocycles. The molecule has 1 aromatic rings. The van der Waals surface area contributed by atoms with Crippen LogP contribution in [0.4, 0.5) is 0 Å². The van der Waals surface area contributed by atoms with Crippen molar-refractivity contribution in [2.45, 2.75) is 25.4 Å². The van der Waals surface area contributed by atoms with E-state index in [-0.39, 0.29) is 24.2 Å². The molecule has 1 aliphatic heterocycles. The minimum atomic E-state index is -0.793. The van der Waals surface area contributed by atoms with Crippen LogP contribution >= 0.6 is 0 Å². The van der Waals surface area contributed by atoms with Crippen LogP contribution in [0.1, 0.15) is 30.9 Å². The number of nitrogens with one attached hydrogen (secondary N) is 1. The normalized spacial score (nSPS) is 19.9. The fourth-order valence-electron chi connectivity index (χ4n) is 2.71. The molecule has 0 spiro atoms. The van der Waals surface area contributed by atoms with Crippen molar-refractivity contribution in [2.75, 3.05) is 20.1 Å². The summed E-state index contributed by atoms with van der Waals surface area (Å²) >= 11 is 0. The van der Waals surface area contributed by atoms with Gasteiger partial charge in [-0.1, -0.05) is 30.3 Å². The molecule has 0 saturated carbocycles. The van der Waals surface area contributed by atoms with Crippen LogP contribution in [-0.4, -0.2) is 42.0 Å². The highest BCUT2D eigenvalue weighted by molar-refractivity contribution is 5.81. The molecule has 21 heavy (non-hydrogen) atoms. The molecule has 5 nitrogen and oxygen atoms in total. The minimum Gasteiger partial charge on any atom is -0.388 e. The number of benzene rings is 1. The van der Waals surface area contributed by atoms with Crippen LogP contribution in [0.25, 0.3) is 0 Å². The van der Waals surface area contributed by atoms with Gasteiger partial charge >= 0.3 is 0 Å². The predicted octanol–water partition coefficient (Wildman–Crippen LogP) is 1.09. The lowest BCUT2D eigenvalue weighted by molar-refractivity contribution is -0.137. The maximum Gasteiger partial charge on any atom is 0.225 e. The topological polar surface area (TPSA) is 69.6 Å². The number of likely N-dealkylation sites (tertiary alicyclic amines) is 1. The number of aliphatic hydroxyl groups excluding tert-OH is 1. The standard InChI is InChI=1S/C16H22N2O3/c1-17-16(21)13-8-5-9-18(11-13)15(20)10-14(19)12-6-3-2-4-7-12/h2-4,6-7,13-14,19H,5,8-11H2,1H3,(H,17,21). The van der Waals surface area contributed by atoms with Crippen molar-refractivity contribution in [3.63, 3.8) is 0 Å². The molecule has 2 N–H and O–H groups in total. The van der Waals surface area contributed by atoms with E-state index >= 15 is 0 Å². The molecule has 114 valence electrons. The fourth-order valence-corrected chi connectivity index (χ4v) is 2.71. The van der Waals surface area contributed by atoms with Gasteiger partial charge in [0.2, 0.25) is 11.8 Å². The maximum absolute atomic E-state index is 12.3. The van der Waals surface area contributed by atoms with E-state index in [1.165, 1.54) is 0 Å². The van der Waals surface area contributed by atoms with E-state index in [1.807, 2.05) is 30.3 Å². The van der Waals surface area contributed by atoms with E-state index in [2.05, 4.69) is 5.32 Å². The van der Waals surface area contributed by atoms with Crippen molar-refractivity contribution >= 4 is 11.8 Å². The summed E-state index contributed by atoms with van der Waals surface area (Å²) in [5, 5.41) is 12.8. The molecular weight excluding hydrogens is 268 g/mol. The molecule has 0 aromatic heterocycles. The maximum atomic E-state index is 12.3. The molecule has 2 amide bonds. The Morgan fingerprint density at radius 3 is 2.76 bits per heavy atom. The second-order valence-corrected chi connectivity index (χ2v) is 5.42. The molecule has 1 aromatic carbocycles. The van der Waals surface area contributed by atoms with Crippen molar-refractivity contribution in [2.24, 2.45) is 5.92 Å². The van der Waals surface area contributed by atoms with Gasteiger partial charge in [-0.25, -0.2) is 0 Å². The first-order valence-corrected chi connectivity index (χ1v) is 7.34. The van der Waals surface area contributed by atoms with Gasteiger partial charge in [-0.2, -0.15) is 0 Å². The lowest BCUT2D eigenvalue weighted by atomic mass is 9.96. The van der Waals surface area contributed by atoms with Crippen molar-refractivity contribution in [3.05, 3.63) is 35.9 Å². The lowest BCUT2D eigenvalue weighted by Crippen LogP contribution is -2.45. The van der Waals surface area contributed by atoms with Crippen molar-refractivity contribution in [1.82, 2.24) is 10.2 Å². The Morgan fingerprint density at radius 1 is 1.38 bits per heavy atom. The van der Waals surface area contributed by atoms with Gasteiger partial charge in [0.1, 0.15) is 0 Å². The fraction of sp³-hybridized carbons (Fsp3) is 0.500. The monoisotopic (exact) mass is 290 g/mol. The molecule has 1 fully saturated rings. The Morgan fingerprint density at radius 2 is 2.10 bits per heavy atom. The van der Waals surface area contributed by atoms with Crippen LogP contribution in [0.2, 0.25) is 0 Å². The summed E-state index contributed by atoms with van der Waals surface area (Å²) in [5.41, 5.74) is 0.741. The Bertz CT molecular complexity index is 490. The summed E-state index contributed by atoms with van der Waals surface area (Å²) < 4.78 is 0. The molecular formula is C16H22N2O3. The minimum absolute atomic E-state index is 0.0175. The number of aliphatic hydroxyl groups is 1. The molecule has 2 unspecified atom stereocenters. The zero-order chi connectivity index (χ0) is 15.2. The van der Waals surface area contributed by atoms with Crippen LogP contribution in [0, 0.1) is 5.92 Å². The average Bonchev–Trinajstić information content (AvgIpc) is 2.55. The van der Waals surface area contributed by atoms with Gasteiger partial charge in [-0.05, 0) is 18.4 Å². The number of piperidine rings is 1. The van der Waals surface area contributed by atoms with Crippen LogP contribution in [-0.2, 0) is 9.59 Å². The zero-order valence-electron chi connectivity index (χ0n) is 12.3. The second-order valence-electron chi connectivity index (χ2n) is 5.42. The van der Waals surface area contributed by atoms with Gasteiger partial charge in [0.05, 0.1) is 18.4 Å². The number of amides is 2. The van der Waals surface area contributed by atoms with Gasteiger partial charge in [0, 0.05) is 20.1 Å².